The van der Waals surface area contributed by atoms with E-state index in [-0.39, 0.29) is 17.4 Å². The number of nitrogens with zero attached hydrogens (tertiary/aromatic N) is 1. The standard InChI is InChI=1S/C21H27NO3/c1-16(2)5-4-12-22(15-18-6-3-7-20(24)13-18)21(25)14-17-8-10-19(23)11-9-17/h3,6-11,13,16,23-24H,4-5,12,14-15H2,1-2H3. The zero-order valence-corrected chi connectivity index (χ0v) is 15.0. The Morgan fingerprint density at radius 2 is 1.72 bits per heavy atom. The highest BCUT2D eigenvalue weighted by molar-refractivity contribution is 5.78. The van der Waals surface area contributed by atoms with Gasteiger partial charge in [0.2, 0.25) is 5.91 Å². The minimum Gasteiger partial charge on any atom is -0.508 e. The van der Waals surface area contributed by atoms with E-state index >= 15 is 0 Å². The fraction of sp³-hybridized carbons (Fsp3) is 0.381. The van der Waals surface area contributed by atoms with Crippen molar-refractivity contribution in [3.8, 4) is 11.5 Å². The zero-order chi connectivity index (χ0) is 18.2. The maximum atomic E-state index is 12.8. The maximum Gasteiger partial charge on any atom is 0.227 e. The van der Waals surface area contributed by atoms with Crippen molar-refractivity contribution in [2.75, 3.05) is 6.54 Å². The van der Waals surface area contributed by atoms with Gasteiger partial charge in [-0.3, -0.25) is 4.79 Å². The Hall–Kier alpha value is -2.49. The first kappa shape index (κ1) is 18.8. The van der Waals surface area contributed by atoms with E-state index in [2.05, 4.69) is 13.8 Å². The van der Waals surface area contributed by atoms with Crippen LogP contribution in [-0.2, 0) is 17.8 Å². The summed E-state index contributed by atoms with van der Waals surface area (Å²) >= 11 is 0. The second kappa shape index (κ2) is 9.11. The van der Waals surface area contributed by atoms with Gasteiger partial charge in [0.15, 0.2) is 0 Å². The quantitative estimate of drug-likeness (QED) is 0.760. The predicted octanol–water partition coefficient (Wildman–Crippen LogP) is 4.11. The molecule has 0 heterocycles. The lowest BCUT2D eigenvalue weighted by Gasteiger charge is -2.23. The molecular formula is C21H27NO3. The van der Waals surface area contributed by atoms with Crippen LogP contribution in [0.4, 0.5) is 0 Å². The smallest absolute Gasteiger partial charge is 0.227 e. The molecule has 0 atom stereocenters. The summed E-state index contributed by atoms with van der Waals surface area (Å²) in [5.41, 5.74) is 1.80. The van der Waals surface area contributed by atoms with Crippen LogP contribution in [0.5, 0.6) is 11.5 Å². The summed E-state index contributed by atoms with van der Waals surface area (Å²) in [5, 5.41) is 19.0. The van der Waals surface area contributed by atoms with Gasteiger partial charge in [0.25, 0.3) is 0 Å². The van der Waals surface area contributed by atoms with Gasteiger partial charge in [0.1, 0.15) is 11.5 Å². The molecule has 4 heteroatoms. The number of hydrogen-bond acceptors (Lipinski definition) is 3. The van der Waals surface area contributed by atoms with Crippen LogP contribution in [0.15, 0.2) is 48.5 Å². The van der Waals surface area contributed by atoms with Crippen molar-refractivity contribution in [2.45, 2.75) is 39.7 Å². The highest BCUT2D eigenvalue weighted by Gasteiger charge is 2.15. The molecule has 4 nitrogen and oxygen atoms in total. The third-order valence-corrected chi connectivity index (χ3v) is 4.14. The largest absolute Gasteiger partial charge is 0.508 e. The lowest BCUT2D eigenvalue weighted by Crippen LogP contribution is -2.33. The summed E-state index contributed by atoms with van der Waals surface area (Å²) in [5.74, 6) is 1.07. The van der Waals surface area contributed by atoms with Crippen LogP contribution in [0.3, 0.4) is 0 Å². The van der Waals surface area contributed by atoms with Crippen LogP contribution < -0.4 is 0 Å². The van der Waals surface area contributed by atoms with Gasteiger partial charge in [-0.25, -0.2) is 0 Å². The molecule has 2 N–H and O–H groups in total. The predicted molar refractivity (Wildman–Crippen MR) is 99.4 cm³/mol. The van der Waals surface area contributed by atoms with Gasteiger partial charge in [-0.1, -0.05) is 38.1 Å². The van der Waals surface area contributed by atoms with E-state index in [0.29, 0.717) is 25.4 Å². The van der Waals surface area contributed by atoms with Crippen molar-refractivity contribution < 1.29 is 15.0 Å². The van der Waals surface area contributed by atoms with Crippen LogP contribution >= 0.6 is 0 Å². The fourth-order valence-corrected chi connectivity index (χ4v) is 2.76. The maximum absolute atomic E-state index is 12.8. The Balaban J connectivity index is 2.06. The molecule has 0 aliphatic carbocycles. The van der Waals surface area contributed by atoms with Gasteiger partial charge in [-0.15, -0.1) is 0 Å². The van der Waals surface area contributed by atoms with E-state index < -0.39 is 0 Å². The van der Waals surface area contributed by atoms with Crippen molar-refractivity contribution in [1.82, 2.24) is 4.90 Å². The number of carbonyl (C=O) groups is 1. The molecule has 1 amide bonds. The molecule has 0 spiro atoms. The fourth-order valence-electron chi connectivity index (χ4n) is 2.76. The first-order valence-corrected chi connectivity index (χ1v) is 8.77. The van der Waals surface area contributed by atoms with Crippen molar-refractivity contribution in [1.29, 1.82) is 0 Å². The molecule has 0 saturated carbocycles. The lowest BCUT2D eigenvalue weighted by molar-refractivity contribution is -0.131. The lowest BCUT2D eigenvalue weighted by atomic mass is 10.1. The second-order valence-corrected chi connectivity index (χ2v) is 6.86. The van der Waals surface area contributed by atoms with E-state index in [1.807, 2.05) is 11.0 Å². The Kier molecular flexibility index (Phi) is 6.87. The third-order valence-electron chi connectivity index (χ3n) is 4.14. The molecule has 0 saturated heterocycles. The van der Waals surface area contributed by atoms with Gasteiger partial charge in [-0.05, 0) is 54.2 Å². The summed E-state index contributed by atoms with van der Waals surface area (Å²) in [6.07, 6.45) is 2.33. The average Bonchev–Trinajstić information content (AvgIpc) is 2.56. The van der Waals surface area contributed by atoms with Crippen LogP contribution in [0.25, 0.3) is 0 Å². The molecule has 2 aromatic carbocycles. The van der Waals surface area contributed by atoms with Gasteiger partial charge in [-0.2, -0.15) is 0 Å². The number of rotatable bonds is 8. The highest BCUT2D eigenvalue weighted by Crippen LogP contribution is 2.16. The number of carbonyl (C=O) groups excluding carboxylic acids is 1. The third kappa shape index (κ3) is 6.49. The van der Waals surface area contributed by atoms with Gasteiger partial charge >= 0.3 is 0 Å². The monoisotopic (exact) mass is 341 g/mol. The number of amides is 1. The van der Waals surface area contributed by atoms with E-state index in [4.69, 9.17) is 0 Å². The summed E-state index contributed by atoms with van der Waals surface area (Å²) in [4.78, 5) is 14.6. The second-order valence-electron chi connectivity index (χ2n) is 6.86. The van der Waals surface area contributed by atoms with Gasteiger partial charge < -0.3 is 15.1 Å². The van der Waals surface area contributed by atoms with Crippen molar-refractivity contribution in [3.05, 3.63) is 59.7 Å². The van der Waals surface area contributed by atoms with Crippen LogP contribution in [0, 0.1) is 5.92 Å². The molecule has 0 unspecified atom stereocenters. The van der Waals surface area contributed by atoms with E-state index in [1.54, 1.807) is 42.5 Å². The van der Waals surface area contributed by atoms with Crippen molar-refractivity contribution in [2.24, 2.45) is 5.92 Å². The normalized spacial score (nSPS) is 10.8. The molecule has 0 fully saturated rings. The van der Waals surface area contributed by atoms with Gasteiger partial charge in [0, 0.05) is 13.1 Å². The molecular weight excluding hydrogens is 314 g/mol. The first-order chi connectivity index (χ1) is 11.9. The molecule has 0 aromatic heterocycles. The van der Waals surface area contributed by atoms with Gasteiger partial charge in [0.05, 0.1) is 6.42 Å². The zero-order valence-electron chi connectivity index (χ0n) is 15.0. The minimum absolute atomic E-state index is 0.0535. The number of benzene rings is 2. The molecule has 0 radical (unpaired) electrons. The molecule has 2 rings (SSSR count). The molecule has 0 aliphatic rings. The van der Waals surface area contributed by atoms with E-state index in [9.17, 15) is 15.0 Å². The number of phenolic OH excluding ortho intramolecular Hbond substituents is 2. The average molecular weight is 341 g/mol. The highest BCUT2D eigenvalue weighted by atomic mass is 16.3. The Morgan fingerprint density at radius 3 is 2.36 bits per heavy atom. The van der Waals surface area contributed by atoms with Crippen LogP contribution in [-0.4, -0.2) is 27.6 Å². The topological polar surface area (TPSA) is 60.8 Å². The molecule has 25 heavy (non-hydrogen) atoms. The SMILES string of the molecule is CC(C)CCCN(Cc1cccc(O)c1)C(=O)Cc1ccc(O)cc1. The summed E-state index contributed by atoms with van der Waals surface area (Å²) in [6.45, 7) is 5.55. The summed E-state index contributed by atoms with van der Waals surface area (Å²) in [6, 6.07) is 13.8. The van der Waals surface area contributed by atoms with Crippen LogP contribution in [0.1, 0.15) is 37.8 Å². The molecule has 0 bridgehead atoms. The molecule has 2 aromatic rings. The summed E-state index contributed by atoms with van der Waals surface area (Å²) in [7, 11) is 0. The Bertz CT molecular complexity index is 680. The van der Waals surface area contributed by atoms with Crippen molar-refractivity contribution in [3.63, 3.8) is 0 Å². The summed E-state index contributed by atoms with van der Waals surface area (Å²) < 4.78 is 0. The first-order valence-electron chi connectivity index (χ1n) is 8.77. The number of aromatic hydroxyl groups is 2. The Labute approximate surface area is 149 Å². The number of hydrogen-bond donors (Lipinski definition) is 2. The number of phenols is 2. The molecule has 0 aliphatic heterocycles. The Morgan fingerprint density at radius 1 is 1.00 bits per heavy atom. The van der Waals surface area contributed by atoms with E-state index in [1.165, 1.54) is 0 Å². The van der Waals surface area contributed by atoms with Crippen molar-refractivity contribution >= 4 is 5.91 Å². The van der Waals surface area contributed by atoms with Crippen LogP contribution in [0.2, 0.25) is 0 Å². The van der Waals surface area contributed by atoms with E-state index in [0.717, 1.165) is 24.0 Å². The molecule has 134 valence electrons. The minimum atomic E-state index is 0.0535.